The van der Waals surface area contributed by atoms with Crippen molar-refractivity contribution in [3.63, 3.8) is 0 Å². The summed E-state index contributed by atoms with van der Waals surface area (Å²) in [5, 5.41) is 13.1. The fraction of sp³-hybridized carbons (Fsp3) is 0.600. The Morgan fingerprint density at radius 3 is 2.72 bits per heavy atom. The molecule has 2 rings (SSSR count). The molecule has 0 amide bonds. The monoisotopic (exact) mass is 249 g/mol. The third-order valence-corrected chi connectivity index (χ3v) is 3.32. The van der Waals surface area contributed by atoms with Crippen LogP contribution in [0.2, 0.25) is 0 Å². The van der Waals surface area contributed by atoms with E-state index in [0.29, 0.717) is 13.2 Å². The normalized spacial score (nSPS) is 18.6. The molecule has 0 spiro atoms. The van der Waals surface area contributed by atoms with Gasteiger partial charge < -0.3 is 15.2 Å². The molecular weight excluding hydrogens is 226 g/mol. The van der Waals surface area contributed by atoms with E-state index < -0.39 is 6.10 Å². The quantitative estimate of drug-likeness (QED) is 0.741. The Balaban J connectivity index is 1.60. The molecule has 100 valence electrons. The Hall–Kier alpha value is -0.900. The van der Waals surface area contributed by atoms with Gasteiger partial charge in [0.1, 0.15) is 0 Å². The molecule has 1 unspecified atom stereocenters. The smallest absolute Gasteiger partial charge is 0.0897 e. The average Bonchev–Trinajstić information content (AvgIpc) is 3.21. The van der Waals surface area contributed by atoms with Crippen molar-refractivity contribution in [2.24, 2.45) is 5.92 Å². The predicted octanol–water partition coefficient (Wildman–Crippen LogP) is 2.12. The van der Waals surface area contributed by atoms with Crippen LogP contribution >= 0.6 is 0 Å². The van der Waals surface area contributed by atoms with Crippen LogP contribution < -0.4 is 5.32 Å². The molecule has 3 nitrogen and oxygen atoms in total. The first-order valence-corrected chi connectivity index (χ1v) is 6.80. The van der Waals surface area contributed by atoms with Crippen LogP contribution in [-0.2, 0) is 4.74 Å². The van der Waals surface area contributed by atoms with Gasteiger partial charge >= 0.3 is 0 Å². The Morgan fingerprint density at radius 1 is 1.33 bits per heavy atom. The van der Waals surface area contributed by atoms with E-state index in [0.717, 1.165) is 12.5 Å². The first-order chi connectivity index (χ1) is 8.75. The molecule has 3 heteroatoms. The Morgan fingerprint density at radius 2 is 2.06 bits per heavy atom. The topological polar surface area (TPSA) is 41.5 Å². The van der Waals surface area contributed by atoms with Gasteiger partial charge in [-0.15, -0.1) is 0 Å². The zero-order valence-corrected chi connectivity index (χ0v) is 11.0. The summed E-state index contributed by atoms with van der Waals surface area (Å²) in [6.07, 6.45) is 2.16. The highest BCUT2D eigenvalue weighted by Crippen LogP contribution is 2.28. The maximum Gasteiger partial charge on any atom is 0.0897 e. The molecule has 0 radical (unpaired) electrons. The van der Waals surface area contributed by atoms with E-state index in [1.54, 1.807) is 0 Å². The Bertz CT molecular complexity index is 338. The number of hydrogen-bond donors (Lipinski definition) is 2. The lowest BCUT2D eigenvalue weighted by Crippen LogP contribution is -2.32. The second-order valence-electron chi connectivity index (χ2n) is 5.18. The standard InChI is InChI=1S/C15H23NO2/c1-12(14-5-3-2-4-6-14)16-9-15(17)11-18-10-13-7-8-13/h2-6,12-13,15-17H,7-11H2,1H3/t12-,15?/m1/s1. The first kappa shape index (κ1) is 13.5. The van der Waals surface area contributed by atoms with Crippen molar-refractivity contribution in [1.82, 2.24) is 5.32 Å². The van der Waals surface area contributed by atoms with E-state index in [1.807, 2.05) is 18.2 Å². The van der Waals surface area contributed by atoms with Crippen LogP contribution in [0.15, 0.2) is 30.3 Å². The van der Waals surface area contributed by atoms with Gasteiger partial charge in [0, 0.05) is 19.2 Å². The minimum atomic E-state index is -0.421. The average molecular weight is 249 g/mol. The largest absolute Gasteiger partial charge is 0.389 e. The third kappa shape index (κ3) is 4.77. The third-order valence-electron chi connectivity index (χ3n) is 3.32. The molecule has 0 bridgehead atoms. The Labute approximate surface area is 109 Å². The highest BCUT2D eigenvalue weighted by Gasteiger charge is 2.21. The molecule has 0 aromatic heterocycles. The van der Waals surface area contributed by atoms with E-state index in [9.17, 15) is 5.11 Å². The lowest BCUT2D eigenvalue weighted by Gasteiger charge is -2.17. The van der Waals surface area contributed by atoms with Gasteiger partial charge in [-0.05, 0) is 31.2 Å². The van der Waals surface area contributed by atoms with Crippen LogP contribution in [0.4, 0.5) is 0 Å². The van der Waals surface area contributed by atoms with Crippen molar-refractivity contribution in [3.05, 3.63) is 35.9 Å². The molecular formula is C15H23NO2. The van der Waals surface area contributed by atoms with Gasteiger partial charge in [0.2, 0.25) is 0 Å². The SMILES string of the molecule is C[C@@H](NCC(O)COCC1CC1)c1ccccc1. The zero-order valence-electron chi connectivity index (χ0n) is 11.0. The van der Waals surface area contributed by atoms with Gasteiger partial charge in [-0.3, -0.25) is 0 Å². The van der Waals surface area contributed by atoms with Crippen molar-refractivity contribution in [1.29, 1.82) is 0 Å². The van der Waals surface area contributed by atoms with Crippen molar-refractivity contribution in [2.75, 3.05) is 19.8 Å². The molecule has 1 aliphatic carbocycles. The van der Waals surface area contributed by atoms with E-state index >= 15 is 0 Å². The Kier molecular flexibility index (Phi) is 5.17. The van der Waals surface area contributed by atoms with Crippen molar-refractivity contribution in [3.8, 4) is 0 Å². The molecule has 18 heavy (non-hydrogen) atoms. The fourth-order valence-electron chi connectivity index (χ4n) is 1.89. The number of hydrogen-bond acceptors (Lipinski definition) is 3. The van der Waals surface area contributed by atoms with Crippen LogP contribution in [0.25, 0.3) is 0 Å². The predicted molar refractivity (Wildman–Crippen MR) is 72.4 cm³/mol. The molecule has 2 atom stereocenters. The maximum absolute atomic E-state index is 9.79. The molecule has 1 fully saturated rings. The van der Waals surface area contributed by atoms with Crippen LogP contribution in [0.1, 0.15) is 31.4 Å². The van der Waals surface area contributed by atoms with Crippen molar-refractivity contribution < 1.29 is 9.84 Å². The van der Waals surface area contributed by atoms with E-state index in [-0.39, 0.29) is 6.04 Å². The van der Waals surface area contributed by atoms with Crippen LogP contribution in [-0.4, -0.2) is 31.0 Å². The number of rotatable bonds is 8. The number of aliphatic hydroxyl groups is 1. The summed E-state index contributed by atoms with van der Waals surface area (Å²) in [5.74, 6) is 0.758. The summed E-state index contributed by atoms with van der Waals surface area (Å²) in [4.78, 5) is 0. The summed E-state index contributed by atoms with van der Waals surface area (Å²) in [6.45, 7) is 3.92. The molecule has 0 heterocycles. The summed E-state index contributed by atoms with van der Waals surface area (Å²) < 4.78 is 5.47. The minimum absolute atomic E-state index is 0.254. The van der Waals surface area contributed by atoms with Gasteiger partial charge in [0.05, 0.1) is 12.7 Å². The highest BCUT2D eigenvalue weighted by molar-refractivity contribution is 5.17. The highest BCUT2D eigenvalue weighted by atomic mass is 16.5. The van der Waals surface area contributed by atoms with Crippen molar-refractivity contribution >= 4 is 0 Å². The zero-order chi connectivity index (χ0) is 12.8. The summed E-state index contributed by atoms with van der Waals surface area (Å²) in [7, 11) is 0. The lowest BCUT2D eigenvalue weighted by atomic mass is 10.1. The molecule has 0 aliphatic heterocycles. The fourth-order valence-corrected chi connectivity index (χ4v) is 1.89. The van der Waals surface area contributed by atoms with Crippen molar-refractivity contribution in [2.45, 2.75) is 31.9 Å². The molecule has 1 aliphatic rings. The van der Waals surface area contributed by atoms with Gasteiger partial charge in [-0.2, -0.15) is 0 Å². The van der Waals surface area contributed by atoms with E-state index in [4.69, 9.17) is 4.74 Å². The molecule has 1 saturated carbocycles. The summed E-state index contributed by atoms with van der Waals surface area (Å²) in [5.41, 5.74) is 1.24. The number of aliphatic hydroxyl groups excluding tert-OH is 1. The van der Waals surface area contributed by atoms with Gasteiger partial charge in [-0.1, -0.05) is 30.3 Å². The number of ether oxygens (including phenoxy) is 1. The van der Waals surface area contributed by atoms with E-state index in [1.165, 1.54) is 18.4 Å². The number of nitrogens with one attached hydrogen (secondary N) is 1. The molecule has 1 aromatic rings. The second-order valence-corrected chi connectivity index (χ2v) is 5.18. The van der Waals surface area contributed by atoms with Crippen LogP contribution in [0.3, 0.4) is 0 Å². The lowest BCUT2D eigenvalue weighted by molar-refractivity contribution is 0.0315. The van der Waals surface area contributed by atoms with Gasteiger partial charge in [0.25, 0.3) is 0 Å². The molecule has 1 aromatic carbocycles. The summed E-state index contributed by atoms with van der Waals surface area (Å²) in [6, 6.07) is 10.5. The van der Waals surface area contributed by atoms with Crippen LogP contribution in [0, 0.1) is 5.92 Å². The van der Waals surface area contributed by atoms with Gasteiger partial charge in [-0.25, -0.2) is 0 Å². The first-order valence-electron chi connectivity index (χ1n) is 6.80. The second kappa shape index (κ2) is 6.88. The summed E-state index contributed by atoms with van der Waals surface area (Å²) >= 11 is 0. The molecule has 2 N–H and O–H groups in total. The number of benzene rings is 1. The van der Waals surface area contributed by atoms with Crippen LogP contribution in [0.5, 0.6) is 0 Å². The maximum atomic E-state index is 9.79. The minimum Gasteiger partial charge on any atom is -0.389 e. The van der Waals surface area contributed by atoms with Gasteiger partial charge in [0.15, 0.2) is 0 Å². The van der Waals surface area contributed by atoms with E-state index in [2.05, 4.69) is 24.4 Å². The molecule has 0 saturated heterocycles.